The quantitative estimate of drug-likeness (QED) is 0.0196. The van der Waals surface area contributed by atoms with Crippen molar-refractivity contribution in [1.29, 1.82) is 0 Å². The summed E-state index contributed by atoms with van der Waals surface area (Å²) in [5, 5.41) is 14.0. The van der Waals surface area contributed by atoms with Crippen LogP contribution in [0.2, 0.25) is 19.6 Å². The Morgan fingerprint density at radius 3 is 1.15 bits per heavy atom. The van der Waals surface area contributed by atoms with Gasteiger partial charge in [0.25, 0.3) is 29.5 Å². The van der Waals surface area contributed by atoms with E-state index in [0.29, 0.717) is 63.2 Å². The van der Waals surface area contributed by atoms with Crippen LogP contribution in [0.1, 0.15) is 75.1 Å². The Labute approximate surface area is 696 Å². The molecule has 1 saturated heterocycles. The molecular weight excluding hydrogens is 1580 g/mol. The van der Waals surface area contributed by atoms with Crippen LogP contribution in [0.3, 0.4) is 0 Å². The third kappa shape index (κ3) is 20.1. The van der Waals surface area contributed by atoms with Crippen LogP contribution in [0.15, 0.2) is 146 Å². The van der Waals surface area contributed by atoms with Gasteiger partial charge < -0.3 is 72.3 Å². The second kappa shape index (κ2) is 37.8. The summed E-state index contributed by atoms with van der Waals surface area (Å²) in [6.07, 6.45) is 2.83. The molecular formula is C87H85N11O22Si. The van der Waals surface area contributed by atoms with Gasteiger partial charge in [-0.1, -0.05) is 116 Å². The number of carbonyl (C=O) groups excluding carboxylic acids is 12. The van der Waals surface area contributed by atoms with Crippen LogP contribution < -0.4 is 45.5 Å². The predicted molar refractivity (Wildman–Crippen MR) is 438 cm³/mol. The third-order valence-corrected chi connectivity index (χ3v) is 20.3. The molecule has 5 aliphatic rings. The van der Waals surface area contributed by atoms with Gasteiger partial charge >= 0.3 is 42.2 Å². The van der Waals surface area contributed by atoms with E-state index in [1.54, 1.807) is 78.9 Å². The summed E-state index contributed by atoms with van der Waals surface area (Å²) in [6, 6.07) is 42.4. The van der Waals surface area contributed by atoms with Crippen molar-refractivity contribution < 1.29 is 105 Å². The highest BCUT2D eigenvalue weighted by Crippen LogP contribution is 2.34. The molecule has 0 unspecified atom stereocenters. The number of nitrogens with one attached hydrogen (secondary N) is 5. The Hall–Kier alpha value is -15.2. The smallest absolute Gasteiger partial charge is 0.408 e. The predicted octanol–water partition coefficient (Wildman–Crippen LogP) is 6.70. The number of amides is 10. The summed E-state index contributed by atoms with van der Waals surface area (Å²) >= 11 is 0. The molecule has 33 nitrogen and oxygen atoms in total. The van der Waals surface area contributed by atoms with Crippen LogP contribution in [0.25, 0.3) is 21.8 Å². The summed E-state index contributed by atoms with van der Waals surface area (Å²) < 4.78 is 49.3. The summed E-state index contributed by atoms with van der Waals surface area (Å²) in [6.45, 7) is 6.23. The fourth-order valence-electron chi connectivity index (χ4n) is 13.2. The Morgan fingerprint density at radius 1 is 0.446 bits per heavy atom. The number of alkyl carbamates (subject to hydrolysis) is 3. The first-order valence-corrected chi connectivity index (χ1v) is 40.4. The number of rotatable bonds is 18. The molecule has 0 bridgehead atoms. The second-order valence-electron chi connectivity index (χ2n) is 28.5. The van der Waals surface area contributed by atoms with Crippen LogP contribution in [0.5, 0.6) is 23.0 Å². The van der Waals surface area contributed by atoms with Gasteiger partial charge in [-0.25, -0.2) is 43.5 Å². The number of pyridine rings is 2. The van der Waals surface area contributed by atoms with E-state index >= 15 is 0 Å². The largest absolute Gasteiger partial charge is 0.497 e. The van der Waals surface area contributed by atoms with Gasteiger partial charge in [0.1, 0.15) is 42.5 Å². The number of imide groups is 1. The van der Waals surface area contributed by atoms with E-state index in [1.807, 2.05) is 86.4 Å². The molecule has 6 aromatic carbocycles. The summed E-state index contributed by atoms with van der Waals surface area (Å²) in [7, 11) is 11.2. The molecule has 8 aromatic rings. The van der Waals surface area contributed by atoms with Gasteiger partial charge in [0.2, 0.25) is 22.2 Å². The molecule has 0 radical (unpaired) electrons. The molecule has 5 N–H and O–H groups in total. The van der Waals surface area contributed by atoms with Crippen molar-refractivity contribution in [3.05, 3.63) is 201 Å². The number of esters is 3. The molecule has 7 heterocycles. The van der Waals surface area contributed by atoms with Crippen molar-refractivity contribution in [3.63, 3.8) is 0 Å². The van der Waals surface area contributed by atoms with Crippen LogP contribution in [0, 0.1) is 47.5 Å². The molecule has 34 heteroatoms. The van der Waals surface area contributed by atoms with Crippen molar-refractivity contribution in [2.75, 3.05) is 97.3 Å². The summed E-state index contributed by atoms with van der Waals surface area (Å²) in [4.78, 5) is 165. The Kier molecular flexibility index (Phi) is 27.6. The first-order valence-electron chi connectivity index (χ1n) is 36.9. The molecule has 4 atom stereocenters. The highest BCUT2D eigenvalue weighted by molar-refractivity contribution is 6.83. The number of fused-ring (bicyclic) bond motifs is 6. The lowest BCUT2D eigenvalue weighted by Crippen LogP contribution is -2.60. The first-order chi connectivity index (χ1) is 57.8. The summed E-state index contributed by atoms with van der Waals surface area (Å²) in [5.74, 6) is 14.5. The van der Waals surface area contributed by atoms with E-state index < -0.39 is 78.4 Å². The van der Waals surface area contributed by atoms with E-state index in [2.05, 4.69) is 87.1 Å². The average molecular weight is 1660 g/mol. The average Bonchev–Trinajstić information content (AvgIpc) is 1.64. The van der Waals surface area contributed by atoms with Crippen molar-refractivity contribution in [2.24, 2.45) is 0 Å². The SMILES string of the molecule is C#C[C@](CN1Cc2ccc(OC)cc2C1=O)(NC(=O)OC)C(=O)OC.COC(=O)N[C@](C#C[Si](C)(C)C)(CN1Cc2ccc(OC)cc2C1=O)C(=O)OC.COC(=O)N[C@](C#Cc1ccc2ccccc2n1)(CN1Cc2ccc(OC)cc2C1=O)C(=O)OC.COc1ccc2c(c1)C(=O)N(C[C@@]1(C#Cc3ccc4ccccc4n3)NC(=O)NC1=O)C2. The number of methoxy groups -OCH3 is 10. The van der Waals surface area contributed by atoms with Gasteiger partial charge in [-0.3, -0.25) is 45.2 Å². The number of urea groups is 1. The van der Waals surface area contributed by atoms with Gasteiger partial charge in [-0.15, -0.1) is 12.0 Å². The fraction of sp³-hybridized carbons (Fsp3) is 0.287. The minimum absolute atomic E-state index is 0.0962. The number of ether oxygens (including phenoxy) is 10. The lowest BCUT2D eigenvalue weighted by atomic mass is 9.99. The number of aromatic nitrogens is 2. The lowest BCUT2D eigenvalue weighted by Gasteiger charge is -2.31. The van der Waals surface area contributed by atoms with Crippen LogP contribution >= 0.6 is 0 Å². The Bertz CT molecular complexity index is 5740. The lowest BCUT2D eigenvalue weighted by molar-refractivity contribution is -0.147. The van der Waals surface area contributed by atoms with Gasteiger partial charge in [-0.2, -0.15) is 0 Å². The van der Waals surface area contributed by atoms with Crippen LogP contribution in [0.4, 0.5) is 19.2 Å². The van der Waals surface area contributed by atoms with E-state index in [4.69, 9.17) is 44.3 Å². The number of nitrogens with zero attached hydrogens (tertiary/aromatic N) is 6. The topological polar surface area (TPSA) is 396 Å². The normalized spacial score (nSPS) is 15.7. The second-order valence-corrected chi connectivity index (χ2v) is 33.3. The Balaban J connectivity index is 0.000000171. The molecule has 5 aliphatic heterocycles. The maximum Gasteiger partial charge on any atom is 0.408 e. The highest BCUT2D eigenvalue weighted by Gasteiger charge is 2.51. The fourth-order valence-corrected chi connectivity index (χ4v) is 13.8. The van der Waals surface area contributed by atoms with Crippen molar-refractivity contribution in [2.45, 2.75) is 68.0 Å². The zero-order valence-corrected chi connectivity index (χ0v) is 69.3. The number of hydrogen-bond acceptors (Lipinski definition) is 24. The Morgan fingerprint density at radius 2 is 0.793 bits per heavy atom. The number of terminal acetylenes is 1. The zero-order chi connectivity index (χ0) is 87.7. The van der Waals surface area contributed by atoms with Crippen molar-refractivity contribution in [3.8, 4) is 70.5 Å². The maximum atomic E-state index is 13.1. The number of hydrogen-bond donors (Lipinski definition) is 5. The molecule has 2 aromatic heterocycles. The highest BCUT2D eigenvalue weighted by atomic mass is 28.3. The van der Waals surface area contributed by atoms with Gasteiger partial charge in [0, 0.05) is 59.2 Å². The molecule has 1 fully saturated rings. The minimum atomic E-state index is -1.92. The molecule has 0 aliphatic carbocycles. The van der Waals surface area contributed by atoms with Gasteiger partial charge in [0.05, 0.1) is 108 Å². The molecule has 0 saturated carbocycles. The molecule has 0 spiro atoms. The van der Waals surface area contributed by atoms with Crippen LogP contribution in [-0.2, 0) is 73.8 Å². The van der Waals surface area contributed by atoms with E-state index in [0.717, 1.165) is 58.3 Å². The number of carbonyl (C=O) groups is 12. The van der Waals surface area contributed by atoms with Crippen molar-refractivity contribution in [1.82, 2.24) is 56.2 Å². The molecule has 121 heavy (non-hydrogen) atoms. The van der Waals surface area contributed by atoms with Gasteiger partial charge in [-0.05, 0) is 107 Å². The van der Waals surface area contributed by atoms with Gasteiger partial charge in [0.15, 0.2) is 0 Å². The van der Waals surface area contributed by atoms with E-state index in [9.17, 15) is 57.5 Å². The van der Waals surface area contributed by atoms with E-state index in [1.165, 1.54) is 76.5 Å². The molecule has 13 rings (SSSR count). The third-order valence-electron chi connectivity index (χ3n) is 19.4. The maximum absolute atomic E-state index is 13.1. The summed E-state index contributed by atoms with van der Waals surface area (Å²) in [5.41, 5.74) is 3.38. The standard InChI is InChI=1S/C26H23N3O6.C24H18N4O4.C20H26N2O6Si.C17H18N2O6/c1-33-20-11-9-18-15-29(23(30)21(18)14-20)16-26(24(31)34-2,28-25(32)35-3)13-12-19-10-8-17-6-4-5-7-22(17)27-19;1-32-18-9-7-16-13-28(21(29)19(16)12-18)14-24(22(30)26-23(31)27-24)11-10-17-8-6-15-4-2-3-5-20(15)25-17;1-26-15-8-7-14-12-22(17(23)16(14)11-15)13-20(18(24)27-2,21-19(25)28-3)9-10-29(4,5)6;1-5-17(15(21)24-3,18-16(22)25-4)10-19-9-11-6-7-12(23-2)8-13(11)14(19)20/h4-11,14H,15-16H2,1-3H3,(H,28,32);2-9,12H,13-14H2,1H3,(H2,26,27,30,31);7-8,11H,12-13H2,1-6H3,(H,21,25);1,6-8H,9-10H2,2-4H3,(H,18,22)/t26-;24-;20-;17-/m1111/s1. The van der Waals surface area contributed by atoms with Crippen LogP contribution in [-0.4, -0.2) is 229 Å². The van der Waals surface area contributed by atoms with E-state index in [-0.39, 0.29) is 69.4 Å². The zero-order valence-electron chi connectivity index (χ0n) is 68.3. The first kappa shape index (κ1) is 88.2. The molecule has 624 valence electrons. The van der Waals surface area contributed by atoms with Crippen molar-refractivity contribution >= 4 is 102 Å². The molecule has 10 amide bonds. The minimum Gasteiger partial charge on any atom is -0.497 e. The number of para-hydroxylation sites is 2. The monoisotopic (exact) mass is 1660 g/mol. The number of benzene rings is 6.